The lowest BCUT2D eigenvalue weighted by molar-refractivity contribution is -0.134. The zero-order valence-corrected chi connectivity index (χ0v) is 23.5. The first-order valence-corrected chi connectivity index (χ1v) is 13.7. The number of hydrogen-bond donors (Lipinski definition) is 4. The van der Waals surface area contributed by atoms with Crippen LogP contribution in [0.5, 0.6) is 5.75 Å². The Bertz CT molecular complexity index is 1300. The molecule has 1 fully saturated rings. The number of ether oxygens (including phenoxy) is 2. The number of rotatable bonds is 14. The number of aromatic nitrogens is 1. The van der Waals surface area contributed by atoms with Gasteiger partial charge in [0.25, 0.3) is 6.01 Å². The summed E-state index contributed by atoms with van der Waals surface area (Å²) in [4.78, 5) is 56.2. The van der Waals surface area contributed by atoms with Crippen LogP contribution in [0.4, 0.5) is 6.01 Å². The van der Waals surface area contributed by atoms with Crippen LogP contribution in [0.3, 0.4) is 0 Å². The van der Waals surface area contributed by atoms with Gasteiger partial charge in [-0.2, -0.15) is 0 Å². The van der Waals surface area contributed by atoms with Crippen molar-refractivity contribution in [2.75, 3.05) is 19.5 Å². The normalized spacial score (nSPS) is 19.8. The minimum atomic E-state index is -1.02. The Morgan fingerprint density at radius 3 is 2.37 bits per heavy atom. The number of benzene rings is 1. The Morgan fingerprint density at radius 1 is 1.07 bits per heavy atom. The number of anilines is 1. The Balaban J connectivity index is 1.46. The lowest BCUT2D eigenvalue weighted by Crippen LogP contribution is -2.56. The van der Waals surface area contributed by atoms with Gasteiger partial charge in [0.05, 0.1) is 32.4 Å². The highest BCUT2D eigenvalue weighted by molar-refractivity contribution is 5.98. The topological polar surface area (TPSA) is 178 Å². The molecular weight excluding hydrogens is 530 g/mol. The summed E-state index contributed by atoms with van der Waals surface area (Å²) in [6.45, 7) is 3.53. The molecular formula is C29H37N5O7. The van der Waals surface area contributed by atoms with Crippen LogP contribution in [-0.2, 0) is 36.8 Å². The van der Waals surface area contributed by atoms with Gasteiger partial charge in [-0.3, -0.25) is 19.2 Å². The number of methoxy groups -OCH3 is 1. The first-order chi connectivity index (χ1) is 19.6. The molecule has 0 radical (unpaired) electrons. The molecule has 0 bridgehead atoms. The predicted octanol–water partition coefficient (Wildman–Crippen LogP) is 1.38. The fourth-order valence-electron chi connectivity index (χ4n) is 4.71. The van der Waals surface area contributed by atoms with Gasteiger partial charge >= 0.3 is 0 Å². The van der Waals surface area contributed by atoms with E-state index in [4.69, 9.17) is 19.6 Å². The Kier molecular flexibility index (Phi) is 9.43. The largest absolute Gasteiger partial charge is 0.497 e. The molecule has 41 heavy (non-hydrogen) atoms. The highest BCUT2D eigenvalue weighted by Gasteiger charge is 2.50. The minimum absolute atomic E-state index is 0.0609. The number of Topliss-reactive ketones (excluding diaryl/α,β-unsaturated/α-hetero) is 1. The fourth-order valence-corrected chi connectivity index (χ4v) is 4.71. The first kappa shape index (κ1) is 29.8. The minimum Gasteiger partial charge on any atom is -0.497 e. The summed E-state index contributed by atoms with van der Waals surface area (Å²) in [6.07, 6.45) is 6.67. The van der Waals surface area contributed by atoms with E-state index < -0.39 is 41.4 Å². The van der Waals surface area contributed by atoms with E-state index in [0.717, 1.165) is 30.4 Å². The molecule has 12 heteroatoms. The molecule has 2 aromatic rings. The number of oxazole rings is 1. The standard InChI is InChI=1S/C29H37N5O7/c1-17(32-24(35)14-21-15-31-28(30)41-21)26(37)34-23(13-19-8-10-20(39-3)11-9-19)27(38)33-22(12-18-6-4-5-7-18)25(36)29(2)16-40-29/h6,8-11,15,17,22-23H,4-5,7,12-14,16H2,1-3H3,(H2,30,31)(H,32,35)(H,33,38)(H,34,37). The molecule has 1 aromatic heterocycles. The second-order valence-electron chi connectivity index (χ2n) is 10.6. The maximum Gasteiger partial charge on any atom is 0.292 e. The van der Waals surface area contributed by atoms with Crippen molar-refractivity contribution in [1.29, 1.82) is 0 Å². The lowest BCUT2D eigenvalue weighted by Gasteiger charge is -2.25. The maximum absolute atomic E-state index is 13.6. The number of ketones is 1. The average Bonchev–Trinajstić information content (AvgIpc) is 3.28. The molecule has 2 heterocycles. The molecule has 12 nitrogen and oxygen atoms in total. The van der Waals surface area contributed by atoms with Gasteiger partial charge < -0.3 is 35.6 Å². The molecule has 4 unspecified atom stereocenters. The van der Waals surface area contributed by atoms with Crippen LogP contribution in [0.15, 0.2) is 46.5 Å². The summed E-state index contributed by atoms with van der Waals surface area (Å²) in [5.41, 5.74) is 6.41. The number of epoxide rings is 1. The van der Waals surface area contributed by atoms with E-state index in [2.05, 4.69) is 27.0 Å². The first-order valence-electron chi connectivity index (χ1n) is 13.7. The van der Waals surface area contributed by atoms with Crippen molar-refractivity contribution in [2.24, 2.45) is 0 Å². The van der Waals surface area contributed by atoms with Crippen molar-refractivity contribution < 1.29 is 33.1 Å². The van der Waals surface area contributed by atoms with Crippen LogP contribution < -0.4 is 26.4 Å². The van der Waals surface area contributed by atoms with Gasteiger partial charge in [0.15, 0.2) is 5.78 Å². The highest BCUT2D eigenvalue weighted by Crippen LogP contribution is 2.31. The Morgan fingerprint density at radius 2 is 1.78 bits per heavy atom. The van der Waals surface area contributed by atoms with Crippen LogP contribution >= 0.6 is 0 Å². The molecule has 5 N–H and O–H groups in total. The van der Waals surface area contributed by atoms with Crippen molar-refractivity contribution in [3.63, 3.8) is 0 Å². The second-order valence-corrected chi connectivity index (χ2v) is 10.6. The van der Waals surface area contributed by atoms with Crippen molar-refractivity contribution >= 4 is 29.5 Å². The van der Waals surface area contributed by atoms with Crippen LogP contribution in [0.25, 0.3) is 0 Å². The van der Waals surface area contributed by atoms with E-state index in [1.165, 1.54) is 13.1 Å². The summed E-state index contributed by atoms with van der Waals surface area (Å²) in [7, 11) is 1.56. The number of amides is 3. The van der Waals surface area contributed by atoms with Gasteiger partial charge in [-0.25, -0.2) is 4.98 Å². The molecule has 2 aliphatic rings. The van der Waals surface area contributed by atoms with E-state index in [-0.39, 0.29) is 30.4 Å². The fraction of sp³-hybridized carbons (Fsp3) is 0.483. The van der Waals surface area contributed by atoms with Crippen molar-refractivity contribution in [3.8, 4) is 5.75 Å². The molecule has 3 amide bonds. The third-order valence-corrected chi connectivity index (χ3v) is 7.24. The number of carbonyl (C=O) groups excluding carboxylic acids is 4. The van der Waals surface area contributed by atoms with Gasteiger partial charge in [-0.15, -0.1) is 0 Å². The van der Waals surface area contributed by atoms with E-state index in [9.17, 15) is 19.2 Å². The smallest absolute Gasteiger partial charge is 0.292 e. The second kappa shape index (κ2) is 13.0. The van der Waals surface area contributed by atoms with Crippen molar-refractivity contribution in [2.45, 2.75) is 76.1 Å². The Labute approximate surface area is 238 Å². The number of nitrogens with one attached hydrogen (secondary N) is 3. The highest BCUT2D eigenvalue weighted by atomic mass is 16.6. The third kappa shape index (κ3) is 8.16. The van der Waals surface area contributed by atoms with E-state index in [1.54, 1.807) is 38.3 Å². The van der Waals surface area contributed by atoms with E-state index >= 15 is 0 Å². The third-order valence-electron chi connectivity index (χ3n) is 7.24. The van der Waals surface area contributed by atoms with Gasteiger partial charge in [0.1, 0.15) is 29.2 Å². The molecule has 220 valence electrons. The molecule has 1 aliphatic heterocycles. The quantitative estimate of drug-likeness (QED) is 0.194. The van der Waals surface area contributed by atoms with Gasteiger partial charge in [-0.1, -0.05) is 23.8 Å². The van der Waals surface area contributed by atoms with Gasteiger partial charge in [0, 0.05) is 6.42 Å². The summed E-state index contributed by atoms with van der Waals surface area (Å²) in [5.74, 6) is -0.841. The molecule has 1 saturated heterocycles. The summed E-state index contributed by atoms with van der Waals surface area (Å²) in [6, 6.07) is 4.27. The van der Waals surface area contributed by atoms with Crippen LogP contribution in [0, 0.1) is 0 Å². The number of nitrogens with two attached hydrogens (primary N) is 1. The van der Waals surface area contributed by atoms with Gasteiger partial charge in [0.2, 0.25) is 17.7 Å². The maximum atomic E-state index is 13.6. The molecule has 0 saturated carbocycles. The van der Waals surface area contributed by atoms with Crippen LogP contribution in [0.1, 0.15) is 50.9 Å². The zero-order valence-electron chi connectivity index (χ0n) is 23.5. The molecule has 1 aromatic carbocycles. The molecule has 4 atom stereocenters. The molecule has 0 spiro atoms. The lowest BCUT2D eigenvalue weighted by atomic mass is 9.94. The van der Waals surface area contributed by atoms with E-state index in [1.807, 2.05) is 0 Å². The van der Waals surface area contributed by atoms with Crippen LogP contribution in [0.2, 0.25) is 0 Å². The number of hydrogen-bond acceptors (Lipinski definition) is 9. The number of carbonyl (C=O) groups is 4. The SMILES string of the molecule is COc1ccc(CC(NC(=O)C(C)NC(=O)Cc2cnc(N)o2)C(=O)NC(CC2=CCCC2)C(=O)C2(C)CO2)cc1. The Hall–Kier alpha value is -4.19. The van der Waals surface area contributed by atoms with Crippen molar-refractivity contribution in [1.82, 2.24) is 20.9 Å². The monoisotopic (exact) mass is 567 g/mol. The summed E-state index contributed by atoms with van der Waals surface area (Å²) < 4.78 is 15.7. The number of nitrogen functional groups attached to an aromatic ring is 1. The molecule has 4 rings (SSSR count). The summed E-state index contributed by atoms with van der Waals surface area (Å²) >= 11 is 0. The van der Waals surface area contributed by atoms with E-state index in [0.29, 0.717) is 18.8 Å². The predicted molar refractivity (Wildman–Crippen MR) is 149 cm³/mol. The summed E-state index contributed by atoms with van der Waals surface area (Å²) in [5, 5.41) is 8.23. The number of allylic oxidation sites excluding steroid dienone is 1. The van der Waals surface area contributed by atoms with Crippen LogP contribution in [-0.4, -0.2) is 65.9 Å². The zero-order chi connectivity index (χ0) is 29.6. The number of nitrogens with zero attached hydrogens (tertiary/aromatic N) is 1. The molecule has 1 aliphatic carbocycles. The van der Waals surface area contributed by atoms with Crippen molar-refractivity contribution in [3.05, 3.63) is 53.4 Å². The van der Waals surface area contributed by atoms with Gasteiger partial charge in [-0.05, 0) is 57.2 Å². The average molecular weight is 568 g/mol.